The smallest absolute Gasteiger partial charge is 0.356 e. The van der Waals surface area contributed by atoms with Crippen molar-refractivity contribution in [1.82, 2.24) is 9.38 Å². The van der Waals surface area contributed by atoms with E-state index in [0.717, 1.165) is 5.69 Å². The van der Waals surface area contributed by atoms with E-state index in [4.69, 9.17) is 0 Å². The summed E-state index contributed by atoms with van der Waals surface area (Å²) in [5.74, 6) is -0.970. The number of esters is 1. The summed E-state index contributed by atoms with van der Waals surface area (Å²) in [4.78, 5) is 15.6. The first kappa shape index (κ1) is 10.6. The van der Waals surface area contributed by atoms with Gasteiger partial charge in [-0.1, -0.05) is 0 Å². The quantitative estimate of drug-likeness (QED) is 0.692. The van der Waals surface area contributed by atoms with Gasteiger partial charge in [0, 0.05) is 5.69 Å². The van der Waals surface area contributed by atoms with Gasteiger partial charge >= 0.3 is 5.97 Å². The van der Waals surface area contributed by atoms with Crippen molar-refractivity contribution in [2.75, 3.05) is 7.11 Å². The van der Waals surface area contributed by atoms with E-state index < -0.39 is 11.8 Å². The summed E-state index contributed by atoms with van der Waals surface area (Å²) in [7, 11) is 1.29. The van der Waals surface area contributed by atoms with Crippen LogP contribution >= 0.6 is 0 Å². The van der Waals surface area contributed by atoms with E-state index in [-0.39, 0.29) is 11.3 Å². The van der Waals surface area contributed by atoms with Crippen molar-refractivity contribution < 1.29 is 13.9 Å². The minimum atomic E-state index is -0.515. The molecular weight excluding hydrogens is 211 g/mol. The lowest BCUT2D eigenvalue weighted by molar-refractivity contribution is 0.0591. The number of aryl methyl sites for hydroxylation is 2. The Balaban J connectivity index is 2.88. The first-order valence-corrected chi connectivity index (χ1v) is 4.78. The summed E-state index contributed by atoms with van der Waals surface area (Å²) >= 11 is 0. The maximum Gasteiger partial charge on any atom is 0.356 e. The minimum absolute atomic E-state index is 0.151. The van der Waals surface area contributed by atoms with Crippen molar-refractivity contribution in [1.29, 1.82) is 0 Å². The molecule has 5 heteroatoms. The van der Waals surface area contributed by atoms with Crippen LogP contribution in [0.3, 0.4) is 0 Å². The SMILES string of the molecule is COC(=O)c1c(C)nc2c(F)ccc(C)n12. The zero-order valence-electron chi connectivity index (χ0n) is 9.24. The van der Waals surface area contributed by atoms with Crippen LogP contribution in [0, 0.1) is 19.7 Å². The highest BCUT2D eigenvalue weighted by Crippen LogP contribution is 2.18. The van der Waals surface area contributed by atoms with E-state index in [1.54, 1.807) is 19.9 Å². The first-order valence-electron chi connectivity index (χ1n) is 4.78. The Morgan fingerprint density at radius 2 is 2.12 bits per heavy atom. The molecule has 0 aliphatic rings. The molecule has 0 saturated heterocycles. The number of carbonyl (C=O) groups excluding carboxylic acids is 1. The van der Waals surface area contributed by atoms with Gasteiger partial charge in [-0.25, -0.2) is 14.2 Å². The van der Waals surface area contributed by atoms with Crippen molar-refractivity contribution in [3.63, 3.8) is 0 Å². The van der Waals surface area contributed by atoms with Crippen LogP contribution in [0.1, 0.15) is 21.9 Å². The van der Waals surface area contributed by atoms with Crippen molar-refractivity contribution in [2.45, 2.75) is 13.8 Å². The molecule has 0 aromatic carbocycles. The molecule has 16 heavy (non-hydrogen) atoms. The third-order valence-corrected chi connectivity index (χ3v) is 2.47. The van der Waals surface area contributed by atoms with Gasteiger partial charge in [-0.3, -0.25) is 4.40 Å². The number of ether oxygens (including phenoxy) is 1. The number of rotatable bonds is 1. The highest BCUT2D eigenvalue weighted by atomic mass is 19.1. The van der Waals surface area contributed by atoms with Crippen molar-refractivity contribution >= 4 is 11.6 Å². The molecule has 0 N–H and O–H groups in total. The Bertz CT molecular complexity index is 575. The van der Waals surface area contributed by atoms with Gasteiger partial charge in [0.05, 0.1) is 12.8 Å². The predicted molar refractivity (Wildman–Crippen MR) is 56.0 cm³/mol. The Labute approximate surface area is 91.7 Å². The summed E-state index contributed by atoms with van der Waals surface area (Å²) in [5.41, 5.74) is 1.62. The molecule has 2 rings (SSSR count). The van der Waals surface area contributed by atoms with Crippen molar-refractivity contribution in [3.05, 3.63) is 35.0 Å². The molecule has 0 atom stereocenters. The number of fused-ring (bicyclic) bond motifs is 1. The number of hydrogen-bond acceptors (Lipinski definition) is 3. The molecule has 0 spiro atoms. The number of imidazole rings is 1. The van der Waals surface area contributed by atoms with E-state index in [1.807, 2.05) is 0 Å². The average Bonchev–Trinajstić information content (AvgIpc) is 2.61. The van der Waals surface area contributed by atoms with E-state index in [2.05, 4.69) is 9.72 Å². The highest BCUT2D eigenvalue weighted by molar-refractivity contribution is 5.90. The van der Waals surface area contributed by atoms with Gasteiger partial charge < -0.3 is 4.74 Å². The van der Waals surface area contributed by atoms with Crippen molar-refractivity contribution in [2.24, 2.45) is 0 Å². The number of hydrogen-bond donors (Lipinski definition) is 0. The topological polar surface area (TPSA) is 43.6 Å². The molecule has 0 aliphatic carbocycles. The Hall–Kier alpha value is -1.91. The molecule has 2 aromatic heterocycles. The fraction of sp³-hybridized carbons (Fsp3) is 0.273. The van der Waals surface area contributed by atoms with Crippen LogP contribution in [0.5, 0.6) is 0 Å². The second-order valence-corrected chi connectivity index (χ2v) is 3.52. The number of aromatic nitrogens is 2. The lowest BCUT2D eigenvalue weighted by Gasteiger charge is -2.04. The molecule has 0 radical (unpaired) electrons. The van der Waals surface area contributed by atoms with Gasteiger partial charge in [0.2, 0.25) is 0 Å². The van der Waals surface area contributed by atoms with Gasteiger partial charge in [0.15, 0.2) is 17.2 Å². The third-order valence-electron chi connectivity index (χ3n) is 2.47. The number of pyridine rings is 1. The summed E-state index contributed by atoms with van der Waals surface area (Å²) in [6.45, 7) is 3.43. The van der Waals surface area contributed by atoms with E-state index in [0.29, 0.717) is 5.69 Å². The van der Waals surface area contributed by atoms with Crippen LogP contribution < -0.4 is 0 Å². The van der Waals surface area contributed by atoms with Crippen molar-refractivity contribution in [3.8, 4) is 0 Å². The van der Waals surface area contributed by atoms with E-state index in [1.165, 1.54) is 17.6 Å². The molecule has 0 bridgehead atoms. The van der Waals surface area contributed by atoms with Gasteiger partial charge in [-0.2, -0.15) is 0 Å². The van der Waals surface area contributed by atoms with Gasteiger partial charge in [0.25, 0.3) is 0 Å². The molecule has 0 aliphatic heterocycles. The molecule has 0 fully saturated rings. The monoisotopic (exact) mass is 222 g/mol. The lowest BCUT2D eigenvalue weighted by atomic mass is 10.3. The number of nitrogens with zero attached hydrogens (tertiary/aromatic N) is 2. The van der Waals surface area contributed by atoms with E-state index in [9.17, 15) is 9.18 Å². The predicted octanol–water partition coefficient (Wildman–Crippen LogP) is 1.88. The van der Waals surface area contributed by atoms with Crippen LogP contribution in [0.2, 0.25) is 0 Å². The van der Waals surface area contributed by atoms with E-state index >= 15 is 0 Å². The Kier molecular flexibility index (Phi) is 2.38. The minimum Gasteiger partial charge on any atom is -0.464 e. The zero-order valence-corrected chi connectivity index (χ0v) is 9.24. The molecule has 4 nitrogen and oxygen atoms in total. The number of carbonyl (C=O) groups is 1. The van der Waals surface area contributed by atoms with Gasteiger partial charge in [-0.15, -0.1) is 0 Å². The Morgan fingerprint density at radius 1 is 1.44 bits per heavy atom. The summed E-state index contributed by atoms with van der Waals surface area (Å²) in [6.07, 6.45) is 0. The van der Waals surface area contributed by atoms with Gasteiger partial charge in [0.1, 0.15) is 0 Å². The first-order chi connectivity index (χ1) is 7.56. The number of halogens is 1. The zero-order chi connectivity index (χ0) is 11.9. The molecule has 0 amide bonds. The van der Waals surface area contributed by atoms with Gasteiger partial charge in [-0.05, 0) is 26.0 Å². The molecular formula is C11H11FN2O2. The Morgan fingerprint density at radius 3 is 2.75 bits per heavy atom. The van der Waals surface area contributed by atoms with Crippen LogP contribution in [0.25, 0.3) is 5.65 Å². The van der Waals surface area contributed by atoms with Crippen LogP contribution in [-0.2, 0) is 4.74 Å². The second kappa shape index (κ2) is 3.59. The largest absolute Gasteiger partial charge is 0.464 e. The van der Waals surface area contributed by atoms with Crippen LogP contribution in [-0.4, -0.2) is 22.5 Å². The van der Waals surface area contributed by atoms with Crippen LogP contribution in [0.4, 0.5) is 4.39 Å². The van der Waals surface area contributed by atoms with Crippen LogP contribution in [0.15, 0.2) is 12.1 Å². The maximum atomic E-state index is 13.5. The fourth-order valence-corrected chi connectivity index (χ4v) is 1.71. The highest BCUT2D eigenvalue weighted by Gasteiger charge is 2.20. The standard InChI is InChI=1S/C11H11FN2O2/c1-6-4-5-8(12)10-13-7(2)9(14(6)10)11(15)16-3/h4-5H,1-3H3. The molecule has 84 valence electrons. The maximum absolute atomic E-state index is 13.5. The number of methoxy groups -OCH3 is 1. The molecule has 0 saturated carbocycles. The molecule has 0 unspecified atom stereocenters. The summed E-state index contributed by atoms with van der Waals surface area (Å²) < 4.78 is 19.6. The summed E-state index contributed by atoms with van der Waals surface area (Å²) in [6, 6.07) is 2.92. The molecule has 2 aromatic rings. The lowest BCUT2D eigenvalue weighted by Crippen LogP contribution is -2.09. The summed E-state index contributed by atoms with van der Waals surface area (Å²) in [5, 5.41) is 0. The third kappa shape index (κ3) is 1.36. The fourth-order valence-electron chi connectivity index (χ4n) is 1.71. The molecule has 2 heterocycles. The normalized spacial score (nSPS) is 10.8. The second-order valence-electron chi connectivity index (χ2n) is 3.52. The average molecular weight is 222 g/mol.